The van der Waals surface area contributed by atoms with Crippen LogP contribution in [0.5, 0.6) is 5.75 Å². The Morgan fingerprint density at radius 2 is 2.35 bits per heavy atom. The molecule has 2 atom stereocenters. The molecule has 1 aromatic rings. The van der Waals surface area contributed by atoms with Crippen LogP contribution >= 0.6 is 0 Å². The molecule has 1 aliphatic carbocycles. The van der Waals surface area contributed by atoms with Crippen LogP contribution < -0.4 is 11.1 Å². The van der Waals surface area contributed by atoms with Crippen LogP contribution in [0.4, 0.5) is 0 Å². The summed E-state index contributed by atoms with van der Waals surface area (Å²) in [4.78, 5) is 12.2. The minimum Gasteiger partial charge on any atom is -0.508 e. The van der Waals surface area contributed by atoms with Crippen LogP contribution in [-0.4, -0.2) is 23.1 Å². The Kier molecular flexibility index (Phi) is 4.65. The summed E-state index contributed by atoms with van der Waals surface area (Å²) in [6.45, 7) is 2.70. The number of carbonyl (C=O) groups excluding carboxylic acids is 1. The number of carbonyl (C=O) groups is 1. The molecular weight excluding hydrogens is 252 g/mol. The number of amides is 1. The highest BCUT2D eigenvalue weighted by atomic mass is 16.3. The minimum absolute atomic E-state index is 0.0184. The number of benzene rings is 1. The first-order chi connectivity index (χ1) is 9.53. The summed E-state index contributed by atoms with van der Waals surface area (Å²) in [7, 11) is 0. The highest BCUT2D eigenvalue weighted by Gasteiger charge is 2.34. The third-order valence-corrected chi connectivity index (χ3v) is 4.16. The molecule has 2 rings (SSSR count). The standard InChI is InChI=1S/C16H24N2O2/c1-12-4-3-7-16(10-12,11-17)18-15(20)9-13-5-2-6-14(19)8-13/h2,5-6,8,12,19H,3-4,7,9-11,17H2,1H3,(H,18,20). The number of nitrogens with two attached hydrogens (primary N) is 1. The van der Waals surface area contributed by atoms with E-state index in [1.165, 1.54) is 6.42 Å². The van der Waals surface area contributed by atoms with E-state index in [2.05, 4.69) is 12.2 Å². The van der Waals surface area contributed by atoms with E-state index in [1.807, 2.05) is 6.07 Å². The predicted octanol–water partition coefficient (Wildman–Crippen LogP) is 1.96. The lowest BCUT2D eigenvalue weighted by molar-refractivity contribution is -0.122. The van der Waals surface area contributed by atoms with E-state index >= 15 is 0 Å². The smallest absolute Gasteiger partial charge is 0.224 e. The Morgan fingerprint density at radius 3 is 3.00 bits per heavy atom. The average Bonchev–Trinajstić information content (AvgIpc) is 2.38. The minimum atomic E-state index is -0.244. The van der Waals surface area contributed by atoms with E-state index < -0.39 is 0 Å². The Balaban J connectivity index is 1.99. The second-order valence-corrected chi connectivity index (χ2v) is 6.08. The van der Waals surface area contributed by atoms with E-state index in [0.29, 0.717) is 12.5 Å². The third kappa shape index (κ3) is 3.73. The number of hydrogen-bond acceptors (Lipinski definition) is 3. The fourth-order valence-electron chi connectivity index (χ4n) is 3.20. The monoisotopic (exact) mass is 276 g/mol. The third-order valence-electron chi connectivity index (χ3n) is 4.16. The fourth-order valence-corrected chi connectivity index (χ4v) is 3.20. The zero-order valence-corrected chi connectivity index (χ0v) is 12.1. The van der Waals surface area contributed by atoms with E-state index in [9.17, 15) is 9.90 Å². The number of nitrogens with one attached hydrogen (secondary N) is 1. The Hall–Kier alpha value is -1.55. The molecule has 1 saturated carbocycles. The fraction of sp³-hybridized carbons (Fsp3) is 0.562. The lowest BCUT2D eigenvalue weighted by Crippen LogP contribution is -2.56. The van der Waals surface area contributed by atoms with Crippen molar-refractivity contribution in [2.45, 2.75) is 44.6 Å². The van der Waals surface area contributed by atoms with Gasteiger partial charge in [0.05, 0.1) is 12.0 Å². The number of phenols is 1. The van der Waals surface area contributed by atoms with Crippen LogP contribution in [0.25, 0.3) is 0 Å². The second kappa shape index (κ2) is 6.27. The SMILES string of the molecule is CC1CCCC(CN)(NC(=O)Cc2cccc(O)c2)C1. The van der Waals surface area contributed by atoms with Crippen LogP contribution in [0.2, 0.25) is 0 Å². The molecule has 0 aromatic heterocycles. The zero-order chi connectivity index (χ0) is 14.6. The van der Waals surface area contributed by atoms with E-state index in [4.69, 9.17) is 5.73 Å². The van der Waals surface area contributed by atoms with Gasteiger partial charge in [0.25, 0.3) is 0 Å². The van der Waals surface area contributed by atoms with Gasteiger partial charge in [-0.1, -0.05) is 31.9 Å². The molecule has 4 heteroatoms. The van der Waals surface area contributed by atoms with Gasteiger partial charge >= 0.3 is 0 Å². The van der Waals surface area contributed by atoms with Crippen LogP contribution in [-0.2, 0) is 11.2 Å². The van der Waals surface area contributed by atoms with E-state index in [-0.39, 0.29) is 23.6 Å². The Labute approximate surface area is 120 Å². The van der Waals surface area contributed by atoms with Crippen LogP contribution in [0.15, 0.2) is 24.3 Å². The quantitative estimate of drug-likeness (QED) is 0.787. The Morgan fingerprint density at radius 1 is 1.55 bits per heavy atom. The number of phenolic OH excluding ortho intramolecular Hbond substituents is 1. The molecule has 1 amide bonds. The molecule has 0 saturated heterocycles. The summed E-state index contributed by atoms with van der Waals surface area (Å²) in [6.07, 6.45) is 4.52. The first-order valence-corrected chi connectivity index (χ1v) is 7.32. The lowest BCUT2D eigenvalue weighted by atomic mass is 9.76. The van der Waals surface area contributed by atoms with Crippen LogP contribution in [0.3, 0.4) is 0 Å². The molecule has 0 bridgehead atoms. The van der Waals surface area contributed by atoms with Crippen molar-refractivity contribution in [2.75, 3.05) is 6.54 Å². The van der Waals surface area contributed by atoms with Gasteiger partial charge in [-0.25, -0.2) is 0 Å². The maximum absolute atomic E-state index is 12.2. The highest BCUT2D eigenvalue weighted by molar-refractivity contribution is 5.79. The maximum atomic E-state index is 12.2. The summed E-state index contributed by atoms with van der Waals surface area (Å²) >= 11 is 0. The second-order valence-electron chi connectivity index (χ2n) is 6.08. The zero-order valence-electron chi connectivity index (χ0n) is 12.1. The molecule has 4 N–H and O–H groups in total. The van der Waals surface area contributed by atoms with Crippen molar-refractivity contribution in [3.05, 3.63) is 29.8 Å². The average molecular weight is 276 g/mol. The van der Waals surface area contributed by atoms with Gasteiger partial charge in [0, 0.05) is 6.54 Å². The summed E-state index contributed by atoms with van der Waals surface area (Å²) in [5.41, 5.74) is 6.49. The molecule has 4 nitrogen and oxygen atoms in total. The van der Waals surface area contributed by atoms with Gasteiger partial charge in [-0.3, -0.25) is 4.79 Å². The van der Waals surface area contributed by atoms with Gasteiger partial charge in [0.15, 0.2) is 0 Å². The summed E-state index contributed by atoms with van der Waals surface area (Å²) in [5.74, 6) is 0.777. The van der Waals surface area contributed by atoms with Crippen molar-refractivity contribution in [1.29, 1.82) is 0 Å². The molecule has 110 valence electrons. The highest BCUT2D eigenvalue weighted by Crippen LogP contribution is 2.31. The normalized spacial score (nSPS) is 26.2. The van der Waals surface area contributed by atoms with E-state index in [0.717, 1.165) is 24.8 Å². The Bertz CT molecular complexity index is 475. The number of rotatable bonds is 4. The van der Waals surface area contributed by atoms with Crippen LogP contribution in [0.1, 0.15) is 38.2 Å². The van der Waals surface area contributed by atoms with Crippen molar-refractivity contribution < 1.29 is 9.90 Å². The summed E-state index contributed by atoms with van der Waals surface area (Å²) in [6, 6.07) is 6.82. The summed E-state index contributed by atoms with van der Waals surface area (Å²) < 4.78 is 0. The molecule has 20 heavy (non-hydrogen) atoms. The van der Waals surface area contributed by atoms with Crippen molar-refractivity contribution in [2.24, 2.45) is 11.7 Å². The molecule has 0 heterocycles. The topological polar surface area (TPSA) is 75.3 Å². The number of aromatic hydroxyl groups is 1. The first kappa shape index (κ1) is 14.9. The molecule has 1 aromatic carbocycles. The number of hydrogen-bond donors (Lipinski definition) is 3. The van der Waals surface area contributed by atoms with Gasteiger partial charge in [0.1, 0.15) is 5.75 Å². The molecule has 0 spiro atoms. The van der Waals surface area contributed by atoms with Crippen molar-refractivity contribution in [3.8, 4) is 5.75 Å². The molecular formula is C16H24N2O2. The maximum Gasteiger partial charge on any atom is 0.224 e. The van der Waals surface area contributed by atoms with Crippen LogP contribution in [0, 0.1) is 5.92 Å². The van der Waals surface area contributed by atoms with E-state index in [1.54, 1.807) is 18.2 Å². The van der Waals surface area contributed by atoms with Crippen molar-refractivity contribution in [3.63, 3.8) is 0 Å². The molecule has 0 radical (unpaired) electrons. The first-order valence-electron chi connectivity index (χ1n) is 7.32. The lowest BCUT2D eigenvalue weighted by Gasteiger charge is -2.40. The van der Waals surface area contributed by atoms with Gasteiger partial charge in [-0.15, -0.1) is 0 Å². The van der Waals surface area contributed by atoms with Gasteiger partial charge < -0.3 is 16.2 Å². The van der Waals surface area contributed by atoms with Gasteiger partial charge in [-0.05, 0) is 36.5 Å². The molecule has 0 aliphatic heterocycles. The molecule has 1 fully saturated rings. The van der Waals surface area contributed by atoms with Crippen molar-refractivity contribution >= 4 is 5.91 Å². The largest absolute Gasteiger partial charge is 0.508 e. The predicted molar refractivity (Wildman–Crippen MR) is 79.4 cm³/mol. The van der Waals surface area contributed by atoms with Gasteiger partial charge in [-0.2, -0.15) is 0 Å². The molecule has 2 unspecified atom stereocenters. The van der Waals surface area contributed by atoms with Crippen molar-refractivity contribution in [1.82, 2.24) is 5.32 Å². The summed E-state index contributed by atoms with van der Waals surface area (Å²) in [5, 5.41) is 12.6. The molecule has 1 aliphatic rings. The van der Waals surface area contributed by atoms with Gasteiger partial charge in [0.2, 0.25) is 5.91 Å².